The highest BCUT2D eigenvalue weighted by atomic mass is 35.5. The van der Waals surface area contributed by atoms with Gasteiger partial charge in [0.1, 0.15) is 18.2 Å². The number of fused-ring (bicyclic) bond motifs is 4. The molecule has 2 aromatic carbocycles. The summed E-state index contributed by atoms with van der Waals surface area (Å²) < 4.78 is 39.6. The van der Waals surface area contributed by atoms with Crippen molar-refractivity contribution in [2.75, 3.05) is 20.3 Å². The predicted octanol–water partition coefficient (Wildman–Crippen LogP) is 5.60. The zero-order valence-electron chi connectivity index (χ0n) is 23.9. The lowest BCUT2D eigenvalue weighted by molar-refractivity contribution is -0.158. The van der Waals surface area contributed by atoms with Crippen molar-refractivity contribution in [1.82, 2.24) is 19.5 Å². The predicted molar refractivity (Wildman–Crippen MR) is 156 cm³/mol. The maximum Gasteiger partial charge on any atom is 0.337 e. The van der Waals surface area contributed by atoms with E-state index in [-0.39, 0.29) is 35.7 Å². The molecule has 0 unspecified atom stereocenters. The molecule has 0 amide bonds. The zero-order valence-corrected chi connectivity index (χ0v) is 24.6. The number of nitrogens with zero attached hydrogens (tertiary/aromatic N) is 4. The first kappa shape index (κ1) is 28.2. The molecule has 3 saturated heterocycles. The van der Waals surface area contributed by atoms with Crippen LogP contribution in [0.25, 0.3) is 11.0 Å². The number of hydrogen-bond donors (Lipinski definition) is 0. The number of hydrogen-bond acceptors (Lipinski definition) is 8. The van der Waals surface area contributed by atoms with E-state index in [0.29, 0.717) is 35.7 Å². The van der Waals surface area contributed by atoms with Crippen LogP contribution in [0.1, 0.15) is 59.5 Å². The van der Waals surface area contributed by atoms with Gasteiger partial charge in [-0.15, -0.1) is 0 Å². The number of aromatic nitrogens is 4. The molecule has 8 rings (SSSR count). The Morgan fingerprint density at radius 3 is 2.67 bits per heavy atom. The monoisotopic (exact) mass is 606 g/mol. The van der Waals surface area contributed by atoms with Crippen LogP contribution in [0.15, 0.2) is 48.7 Å². The lowest BCUT2D eigenvalue weighted by Crippen LogP contribution is -2.54. The molecule has 3 aliphatic heterocycles. The Kier molecular flexibility index (Phi) is 7.31. The summed E-state index contributed by atoms with van der Waals surface area (Å²) in [6.07, 6.45) is 7.03. The Hall–Kier alpha value is -3.60. The summed E-state index contributed by atoms with van der Waals surface area (Å²) in [4.78, 5) is 26.2. The second-order valence-corrected chi connectivity index (χ2v) is 12.2. The van der Waals surface area contributed by atoms with Crippen molar-refractivity contribution in [2.24, 2.45) is 0 Å². The van der Waals surface area contributed by atoms with Crippen LogP contribution >= 0.6 is 11.6 Å². The van der Waals surface area contributed by atoms with E-state index in [1.54, 1.807) is 24.4 Å². The molecule has 9 nitrogen and oxygen atoms in total. The number of benzene rings is 2. The Morgan fingerprint density at radius 1 is 1.14 bits per heavy atom. The number of imidazole rings is 1. The van der Waals surface area contributed by atoms with E-state index in [4.69, 9.17) is 40.5 Å². The molecule has 4 fully saturated rings. The van der Waals surface area contributed by atoms with Crippen LogP contribution in [0.2, 0.25) is 5.02 Å². The Bertz CT molecular complexity index is 1670. The zero-order chi connectivity index (χ0) is 29.6. The van der Waals surface area contributed by atoms with Crippen molar-refractivity contribution in [3.8, 4) is 6.01 Å². The van der Waals surface area contributed by atoms with Gasteiger partial charge in [0, 0.05) is 35.2 Å². The molecule has 1 atom stereocenters. The average Bonchev–Trinajstić information content (AvgIpc) is 3.34. The van der Waals surface area contributed by atoms with Crippen molar-refractivity contribution in [3.63, 3.8) is 0 Å². The van der Waals surface area contributed by atoms with Gasteiger partial charge in [0.05, 0.1) is 54.3 Å². The quantitative estimate of drug-likeness (QED) is 0.227. The molecule has 43 heavy (non-hydrogen) atoms. The lowest BCUT2D eigenvalue weighted by atomic mass is 9.63. The largest absolute Gasteiger partial charge is 0.465 e. The van der Waals surface area contributed by atoms with Gasteiger partial charge in [-0.1, -0.05) is 17.7 Å². The minimum atomic E-state index is -0.427. The highest BCUT2D eigenvalue weighted by Crippen LogP contribution is 2.51. The molecule has 0 N–H and O–H groups in total. The summed E-state index contributed by atoms with van der Waals surface area (Å²) in [7, 11) is 1.39. The highest BCUT2D eigenvalue weighted by Gasteiger charge is 2.52. The van der Waals surface area contributed by atoms with Gasteiger partial charge in [0.15, 0.2) is 0 Å². The van der Waals surface area contributed by atoms with Crippen molar-refractivity contribution in [1.29, 1.82) is 0 Å². The number of halogens is 2. The maximum atomic E-state index is 14.2. The fraction of sp³-hybridized carbons (Fsp3) is 0.438. The van der Waals surface area contributed by atoms with Gasteiger partial charge in [-0.25, -0.2) is 19.2 Å². The minimum Gasteiger partial charge on any atom is -0.465 e. The maximum absolute atomic E-state index is 14.2. The van der Waals surface area contributed by atoms with Gasteiger partial charge in [0.25, 0.3) is 0 Å². The normalized spacial score (nSPS) is 24.6. The molecule has 1 aliphatic carbocycles. The van der Waals surface area contributed by atoms with Gasteiger partial charge in [-0.05, 0) is 68.5 Å². The number of rotatable bonds is 9. The SMILES string of the molecule is COC(=O)c1ccc2nc(CC34CCC(c5ccnc(OCc6ccc(Cl)cc6F)n5)(CC3)CO4)n(C[C@@H]3CCO3)c2c1. The first-order chi connectivity index (χ1) is 20.9. The standard InChI is InChI=1S/C32H32ClFN4O5/c1-40-29(39)20-3-5-25-26(14-20)38(17-23-7-13-41-23)28(36-25)16-32-10-8-31(9-11-32,19-43-32)27-6-12-35-30(37-27)42-18-21-2-4-22(33)15-24(21)34/h2-6,12,14-15,23H,7-11,13,16-19H2,1H3/t23-,31?,32?/m0/s1. The minimum absolute atomic E-state index is 0.00703. The van der Waals surface area contributed by atoms with E-state index in [0.717, 1.165) is 61.3 Å². The molecule has 0 radical (unpaired) electrons. The van der Waals surface area contributed by atoms with Crippen molar-refractivity contribution in [2.45, 2.75) is 68.8 Å². The second kappa shape index (κ2) is 11.2. The molecule has 2 aromatic heterocycles. The lowest BCUT2D eigenvalue weighted by Gasteiger charge is -2.52. The second-order valence-electron chi connectivity index (χ2n) is 11.8. The van der Waals surface area contributed by atoms with E-state index in [1.807, 2.05) is 18.2 Å². The Morgan fingerprint density at radius 2 is 1.98 bits per heavy atom. The molecule has 11 heteroatoms. The van der Waals surface area contributed by atoms with Gasteiger partial charge in [0.2, 0.25) is 0 Å². The number of ether oxygens (including phenoxy) is 4. The van der Waals surface area contributed by atoms with E-state index < -0.39 is 5.82 Å². The molecule has 5 heterocycles. The highest BCUT2D eigenvalue weighted by molar-refractivity contribution is 6.30. The number of esters is 1. The van der Waals surface area contributed by atoms with E-state index in [9.17, 15) is 9.18 Å². The van der Waals surface area contributed by atoms with Crippen LogP contribution in [0, 0.1) is 5.82 Å². The average molecular weight is 607 g/mol. The van der Waals surface area contributed by atoms with Crippen LogP contribution < -0.4 is 4.74 Å². The van der Waals surface area contributed by atoms with Crippen LogP contribution in [0.3, 0.4) is 0 Å². The summed E-state index contributed by atoms with van der Waals surface area (Å²) in [5.41, 5.74) is 2.94. The first-order valence-electron chi connectivity index (χ1n) is 14.6. The van der Waals surface area contributed by atoms with Gasteiger partial charge >= 0.3 is 12.0 Å². The van der Waals surface area contributed by atoms with Crippen molar-refractivity contribution in [3.05, 3.63) is 82.1 Å². The number of carbonyl (C=O) groups is 1. The van der Waals surface area contributed by atoms with Gasteiger partial charge in [-0.3, -0.25) is 0 Å². The topological polar surface area (TPSA) is 97.6 Å². The molecule has 0 spiro atoms. The fourth-order valence-corrected chi connectivity index (χ4v) is 6.64. The third-order valence-corrected chi connectivity index (χ3v) is 9.47. The summed E-state index contributed by atoms with van der Waals surface area (Å²) in [6, 6.07) is 12.1. The molecular weight excluding hydrogens is 575 g/mol. The third kappa shape index (κ3) is 5.36. The smallest absolute Gasteiger partial charge is 0.337 e. The van der Waals surface area contributed by atoms with Crippen LogP contribution in [0.4, 0.5) is 4.39 Å². The van der Waals surface area contributed by atoms with Crippen molar-refractivity contribution >= 4 is 28.6 Å². The summed E-state index contributed by atoms with van der Waals surface area (Å²) in [6.45, 7) is 1.99. The van der Waals surface area contributed by atoms with Crippen LogP contribution in [-0.2, 0) is 39.2 Å². The summed E-state index contributed by atoms with van der Waals surface area (Å²) in [5.74, 6) is 0.141. The molecule has 224 valence electrons. The molecular formula is C32H32ClFN4O5. The first-order valence-corrected chi connectivity index (χ1v) is 15.0. The van der Waals surface area contributed by atoms with E-state index >= 15 is 0 Å². The fourth-order valence-electron chi connectivity index (χ4n) is 6.49. The summed E-state index contributed by atoms with van der Waals surface area (Å²) >= 11 is 5.86. The van der Waals surface area contributed by atoms with Crippen LogP contribution in [-0.4, -0.2) is 57.5 Å². The number of methoxy groups -OCH3 is 1. The van der Waals surface area contributed by atoms with E-state index in [2.05, 4.69) is 9.55 Å². The molecule has 1 saturated carbocycles. The Labute approximate surface area is 253 Å². The molecule has 4 aromatic rings. The Balaban J connectivity index is 1.08. The van der Waals surface area contributed by atoms with Gasteiger partial charge < -0.3 is 23.5 Å². The van der Waals surface area contributed by atoms with Crippen molar-refractivity contribution < 1.29 is 28.1 Å². The molecule has 2 bridgehead atoms. The van der Waals surface area contributed by atoms with Crippen LogP contribution in [0.5, 0.6) is 6.01 Å². The third-order valence-electron chi connectivity index (χ3n) is 9.23. The number of carbonyl (C=O) groups excluding carboxylic acids is 1. The molecule has 4 aliphatic rings. The van der Waals surface area contributed by atoms with E-state index in [1.165, 1.54) is 13.2 Å². The summed E-state index contributed by atoms with van der Waals surface area (Å²) in [5, 5.41) is 0.335. The van der Waals surface area contributed by atoms with Gasteiger partial charge in [-0.2, -0.15) is 4.98 Å².